The van der Waals surface area contributed by atoms with E-state index in [0.717, 1.165) is 11.3 Å². The van der Waals surface area contributed by atoms with Crippen molar-refractivity contribution < 1.29 is 19.1 Å². The highest BCUT2D eigenvalue weighted by Crippen LogP contribution is 2.34. The Labute approximate surface area is 170 Å². The normalized spacial score (nSPS) is 11.9. The van der Waals surface area contributed by atoms with Gasteiger partial charge in [-0.2, -0.15) is 0 Å². The summed E-state index contributed by atoms with van der Waals surface area (Å²) < 4.78 is 12.3. The largest absolute Gasteiger partial charge is 0.454 e. The number of benzene rings is 2. The van der Waals surface area contributed by atoms with Crippen LogP contribution in [0.15, 0.2) is 53.9 Å². The molecule has 0 unspecified atom stereocenters. The fourth-order valence-electron chi connectivity index (χ4n) is 2.75. The lowest BCUT2D eigenvalue weighted by Gasteiger charge is -2.09. The van der Waals surface area contributed by atoms with Gasteiger partial charge in [-0.15, -0.1) is 10.2 Å². The summed E-state index contributed by atoms with van der Waals surface area (Å²) in [4.78, 5) is 24.2. The van der Waals surface area contributed by atoms with Gasteiger partial charge >= 0.3 is 6.03 Å². The Morgan fingerprint density at radius 1 is 1.17 bits per heavy atom. The molecule has 2 N–H and O–H groups in total. The van der Waals surface area contributed by atoms with Gasteiger partial charge < -0.3 is 14.8 Å². The first-order chi connectivity index (χ1) is 14.1. The number of aryl methyl sites for hydroxylation is 1. The Kier molecular flexibility index (Phi) is 5.34. The second-order valence-corrected chi connectivity index (χ2v) is 7.07. The maximum atomic E-state index is 12.1. The van der Waals surface area contributed by atoms with Crippen molar-refractivity contribution >= 4 is 29.4 Å². The van der Waals surface area contributed by atoms with Gasteiger partial charge in [0, 0.05) is 11.8 Å². The molecule has 2 aromatic carbocycles. The zero-order valence-corrected chi connectivity index (χ0v) is 16.2. The highest BCUT2D eigenvalue weighted by atomic mass is 32.2. The van der Waals surface area contributed by atoms with Gasteiger partial charge in [0.15, 0.2) is 16.7 Å². The first kappa shape index (κ1) is 18.8. The highest BCUT2D eigenvalue weighted by Gasteiger charge is 2.16. The molecule has 1 aliphatic rings. The Morgan fingerprint density at radius 2 is 2.00 bits per heavy atom. The molecule has 10 heteroatoms. The molecule has 2 heterocycles. The van der Waals surface area contributed by atoms with Crippen LogP contribution in [0, 0.1) is 6.92 Å². The molecule has 4 rings (SSSR count). The zero-order chi connectivity index (χ0) is 20.2. The van der Waals surface area contributed by atoms with E-state index in [0.29, 0.717) is 22.3 Å². The zero-order valence-electron chi connectivity index (χ0n) is 15.4. The van der Waals surface area contributed by atoms with Crippen molar-refractivity contribution in [3.05, 3.63) is 54.4 Å². The molecule has 0 atom stereocenters. The molecule has 9 nitrogen and oxygen atoms in total. The number of aromatic nitrogens is 3. The Bertz CT molecular complexity index is 1070. The van der Waals surface area contributed by atoms with Crippen LogP contribution in [0.4, 0.5) is 10.5 Å². The number of fused-ring (bicyclic) bond motifs is 1. The Hall–Kier alpha value is -3.53. The summed E-state index contributed by atoms with van der Waals surface area (Å²) in [6.45, 7) is 2.13. The SMILES string of the molecule is Cc1ccccc1-n1cnnc1SCC(=O)NC(=O)Nc1ccc2c(c1)OCO2. The average molecular weight is 411 g/mol. The van der Waals surface area contributed by atoms with Crippen LogP contribution in [0.3, 0.4) is 0 Å². The molecule has 0 saturated heterocycles. The average Bonchev–Trinajstić information content (AvgIpc) is 3.35. The fraction of sp³-hybridized carbons (Fsp3) is 0.158. The third kappa shape index (κ3) is 4.32. The van der Waals surface area contributed by atoms with E-state index in [1.807, 2.05) is 31.2 Å². The molecule has 0 bridgehead atoms. The van der Waals surface area contributed by atoms with E-state index in [1.54, 1.807) is 29.1 Å². The number of nitrogens with one attached hydrogen (secondary N) is 2. The predicted molar refractivity (Wildman–Crippen MR) is 107 cm³/mol. The molecule has 0 spiro atoms. The highest BCUT2D eigenvalue weighted by molar-refractivity contribution is 7.99. The summed E-state index contributed by atoms with van der Waals surface area (Å²) in [6.07, 6.45) is 1.59. The van der Waals surface area contributed by atoms with Crippen LogP contribution in [-0.2, 0) is 4.79 Å². The van der Waals surface area contributed by atoms with Crippen LogP contribution >= 0.6 is 11.8 Å². The number of hydrogen-bond donors (Lipinski definition) is 2. The number of ether oxygens (including phenoxy) is 2. The lowest BCUT2D eigenvalue weighted by Crippen LogP contribution is -2.35. The second kappa shape index (κ2) is 8.23. The molecule has 29 heavy (non-hydrogen) atoms. The second-order valence-electron chi connectivity index (χ2n) is 6.13. The molecular weight excluding hydrogens is 394 g/mol. The Balaban J connectivity index is 1.32. The minimum Gasteiger partial charge on any atom is -0.454 e. The van der Waals surface area contributed by atoms with Crippen LogP contribution in [-0.4, -0.2) is 39.2 Å². The number of nitrogens with zero attached hydrogens (tertiary/aromatic N) is 3. The first-order valence-electron chi connectivity index (χ1n) is 8.69. The van der Waals surface area contributed by atoms with Gasteiger partial charge in [-0.05, 0) is 30.7 Å². The summed E-state index contributed by atoms with van der Waals surface area (Å²) in [5.41, 5.74) is 2.48. The number of rotatable bonds is 5. The number of urea groups is 1. The molecule has 0 saturated carbocycles. The van der Waals surface area contributed by atoms with E-state index >= 15 is 0 Å². The quantitative estimate of drug-likeness (QED) is 0.622. The van der Waals surface area contributed by atoms with Crippen LogP contribution in [0.25, 0.3) is 5.69 Å². The predicted octanol–water partition coefficient (Wildman–Crippen LogP) is 2.74. The van der Waals surface area contributed by atoms with Gasteiger partial charge in [0.05, 0.1) is 11.4 Å². The molecule has 0 fully saturated rings. The lowest BCUT2D eigenvalue weighted by atomic mass is 10.2. The molecular formula is C19H17N5O4S. The number of amides is 3. The summed E-state index contributed by atoms with van der Waals surface area (Å²) in [5, 5.41) is 13.4. The molecule has 1 aliphatic heterocycles. The lowest BCUT2D eigenvalue weighted by molar-refractivity contribution is -0.117. The minimum atomic E-state index is -0.630. The number of imide groups is 1. The van der Waals surface area contributed by atoms with E-state index in [4.69, 9.17) is 9.47 Å². The van der Waals surface area contributed by atoms with Gasteiger partial charge in [-0.25, -0.2) is 4.79 Å². The number of carbonyl (C=O) groups excluding carboxylic acids is 2. The van der Waals surface area contributed by atoms with E-state index in [2.05, 4.69) is 20.8 Å². The summed E-state index contributed by atoms with van der Waals surface area (Å²) in [6, 6.07) is 12.1. The van der Waals surface area contributed by atoms with Crippen molar-refractivity contribution in [3.63, 3.8) is 0 Å². The maximum Gasteiger partial charge on any atom is 0.325 e. The molecule has 1 aromatic heterocycles. The first-order valence-corrected chi connectivity index (χ1v) is 9.68. The monoisotopic (exact) mass is 411 g/mol. The van der Waals surface area contributed by atoms with E-state index in [-0.39, 0.29) is 12.5 Å². The molecule has 3 aromatic rings. The van der Waals surface area contributed by atoms with E-state index in [1.165, 1.54) is 11.8 Å². The van der Waals surface area contributed by atoms with Gasteiger partial charge in [-0.1, -0.05) is 30.0 Å². The molecule has 0 aliphatic carbocycles. The van der Waals surface area contributed by atoms with E-state index in [9.17, 15) is 9.59 Å². The third-order valence-corrected chi connectivity index (χ3v) is 5.05. The minimum absolute atomic E-state index is 0.0130. The van der Waals surface area contributed by atoms with Gasteiger partial charge in [-0.3, -0.25) is 14.7 Å². The summed E-state index contributed by atoms with van der Waals surface area (Å²) in [5.74, 6) is 0.716. The van der Waals surface area contributed by atoms with Crippen LogP contribution in [0.5, 0.6) is 11.5 Å². The number of hydrogen-bond acceptors (Lipinski definition) is 7. The van der Waals surface area contributed by atoms with Gasteiger partial charge in [0.2, 0.25) is 12.7 Å². The van der Waals surface area contributed by atoms with Crippen LogP contribution in [0.2, 0.25) is 0 Å². The van der Waals surface area contributed by atoms with Crippen molar-refractivity contribution in [2.24, 2.45) is 0 Å². The number of anilines is 1. The Morgan fingerprint density at radius 3 is 2.86 bits per heavy atom. The smallest absolute Gasteiger partial charge is 0.325 e. The van der Waals surface area contributed by atoms with Crippen molar-refractivity contribution in [1.29, 1.82) is 0 Å². The van der Waals surface area contributed by atoms with Crippen LogP contribution in [0.1, 0.15) is 5.56 Å². The number of para-hydroxylation sites is 1. The van der Waals surface area contributed by atoms with Crippen molar-refractivity contribution in [2.75, 3.05) is 17.9 Å². The standard InChI is InChI=1S/C19H17N5O4S/c1-12-4-2-3-5-14(12)24-10-20-23-19(24)29-9-17(25)22-18(26)21-13-6-7-15-16(8-13)28-11-27-15/h2-8,10H,9,11H2,1H3,(H2,21,22,25,26). The topological polar surface area (TPSA) is 107 Å². The van der Waals surface area contributed by atoms with Crippen molar-refractivity contribution in [1.82, 2.24) is 20.1 Å². The van der Waals surface area contributed by atoms with Crippen molar-refractivity contribution in [2.45, 2.75) is 12.1 Å². The number of carbonyl (C=O) groups is 2. The summed E-state index contributed by atoms with van der Waals surface area (Å²) >= 11 is 1.19. The van der Waals surface area contributed by atoms with Crippen molar-refractivity contribution in [3.8, 4) is 17.2 Å². The molecule has 0 radical (unpaired) electrons. The van der Waals surface area contributed by atoms with E-state index < -0.39 is 11.9 Å². The fourth-order valence-corrected chi connectivity index (χ4v) is 3.47. The third-order valence-electron chi connectivity index (χ3n) is 4.11. The molecule has 148 valence electrons. The maximum absolute atomic E-state index is 12.1. The summed E-state index contributed by atoms with van der Waals surface area (Å²) in [7, 11) is 0. The number of thioether (sulfide) groups is 1. The van der Waals surface area contributed by atoms with Crippen LogP contribution < -0.4 is 20.1 Å². The molecule has 3 amide bonds. The van der Waals surface area contributed by atoms with Gasteiger partial charge in [0.1, 0.15) is 6.33 Å². The van der Waals surface area contributed by atoms with Gasteiger partial charge in [0.25, 0.3) is 0 Å².